The van der Waals surface area contributed by atoms with Gasteiger partial charge in [-0.05, 0) is 24.3 Å². The summed E-state index contributed by atoms with van der Waals surface area (Å²) in [6.45, 7) is 0. The normalized spacial score (nSPS) is 15.7. The van der Waals surface area contributed by atoms with Gasteiger partial charge >= 0.3 is 0 Å². The van der Waals surface area contributed by atoms with E-state index in [-0.39, 0.29) is 0 Å². The van der Waals surface area contributed by atoms with E-state index >= 15 is 0 Å². The first-order valence-electron chi connectivity index (χ1n) is 8.48. The molecule has 3 aromatic rings. The molecule has 1 fully saturated rings. The van der Waals surface area contributed by atoms with Crippen LogP contribution in [0.3, 0.4) is 0 Å². The van der Waals surface area contributed by atoms with Gasteiger partial charge in [0.15, 0.2) is 11.6 Å². The van der Waals surface area contributed by atoms with E-state index in [0.29, 0.717) is 0 Å². The smallest absolute Gasteiger partial charge is 0.181 e. The van der Waals surface area contributed by atoms with Gasteiger partial charge in [0, 0.05) is 11.1 Å². The fourth-order valence-electron chi connectivity index (χ4n) is 3.46. The van der Waals surface area contributed by atoms with Gasteiger partial charge in [-0.25, -0.2) is 4.98 Å². The van der Waals surface area contributed by atoms with Gasteiger partial charge in [-0.15, -0.1) is 0 Å². The molecule has 3 nitrogen and oxygen atoms in total. The number of hydrogen-bond acceptors (Lipinski definition) is 2. The van der Waals surface area contributed by atoms with Crippen LogP contribution in [0.4, 0.5) is 0 Å². The molecular formula is C20H21N3. The van der Waals surface area contributed by atoms with Crippen LogP contribution >= 0.6 is 0 Å². The number of benzene rings is 2. The first-order chi connectivity index (χ1) is 11.4. The summed E-state index contributed by atoms with van der Waals surface area (Å²) in [6.07, 6.45) is 6.80. The molecule has 1 aromatic heterocycles. The molecule has 0 unspecified atom stereocenters. The van der Waals surface area contributed by atoms with Crippen LogP contribution in [-0.4, -0.2) is 15.2 Å². The third-order valence-electron chi connectivity index (χ3n) is 4.78. The number of aromatic nitrogens is 3. The second-order valence-electron chi connectivity index (χ2n) is 6.33. The summed E-state index contributed by atoms with van der Waals surface area (Å²) in [4.78, 5) is 4.63. The number of aromatic amines is 1. The van der Waals surface area contributed by atoms with Gasteiger partial charge in [-0.2, -0.15) is 5.10 Å². The summed E-state index contributed by atoms with van der Waals surface area (Å²) in [5, 5.41) is 7.40. The minimum Gasteiger partial charge on any atom is -0.259 e. The Kier molecular flexibility index (Phi) is 3.93. The van der Waals surface area contributed by atoms with Crippen molar-refractivity contribution in [1.29, 1.82) is 0 Å². The zero-order valence-corrected chi connectivity index (χ0v) is 13.2. The van der Waals surface area contributed by atoms with Crippen molar-refractivity contribution in [3.8, 4) is 22.8 Å². The van der Waals surface area contributed by atoms with Crippen LogP contribution in [0.1, 0.15) is 43.6 Å². The molecule has 4 rings (SSSR count). The van der Waals surface area contributed by atoms with Crippen molar-refractivity contribution in [1.82, 2.24) is 15.2 Å². The number of hydrogen-bond donors (Lipinski definition) is 1. The third kappa shape index (κ3) is 3.04. The quantitative estimate of drug-likeness (QED) is 0.723. The molecule has 3 heteroatoms. The molecule has 116 valence electrons. The number of nitrogens with zero attached hydrogens (tertiary/aromatic N) is 2. The Morgan fingerprint density at radius 1 is 0.783 bits per heavy atom. The van der Waals surface area contributed by atoms with E-state index in [1.54, 1.807) is 0 Å². The zero-order valence-electron chi connectivity index (χ0n) is 13.2. The average molecular weight is 303 g/mol. The van der Waals surface area contributed by atoms with Crippen molar-refractivity contribution in [2.45, 2.75) is 38.0 Å². The summed E-state index contributed by atoms with van der Waals surface area (Å²) in [5.74, 6) is 2.32. The monoisotopic (exact) mass is 303 g/mol. The lowest BCUT2D eigenvalue weighted by molar-refractivity contribution is 0.443. The summed E-state index contributed by atoms with van der Waals surface area (Å²) in [6, 6.07) is 18.9. The van der Waals surface area contributed by atoms with E-state index in [0.717, 1.165) is 28.7 Å². The highest BCUT2D eigenvalue weighted by atomic mass is 15.2. The van der Waals surface area contributed by atoms with Crippen molar-refractivity contribution in [3.63, 3.8) is 0 Å². The van der Waals surface area contributed by atoms with Gasteiger partial charge in [-0.1, -0.05) is 73.9 Å². The van der Waals surface area contributed by atoms with Crippen LogP contribution in [0.25, 0.3) is 22.8 Å². The molecule has 0 amide bonds. The second kappa shape index (κ2) is 6.37. The molecule has 0 atom stereocenters. The fourth-order valence-corrected chi connectivity index (χ4v) is 3.46. The van der Waals surface area contributed by atoms with Crippen LogP contribution in [0.5, 0.6) is 0 Å². The van der Waals surface area contributed by atoms with Crippen molar-refractivity contribution in [3.05, 3.63) is 60.2 Å². The number of nitrogens with one attached hydrogen (secondary N) is 1. The topological polar surface area (TPSA) is 41.6 Å². The van der Waals surface area contributed by atoms with E-state index in [1.165, 1.54) is 37.7 Å². The molecular weight excluding hydrogens is 282 g/mol. The molecule has 0 aliphatic heterocycles. The summed E-state index contributed by atoms with van der Waals surface area (Å²) in [5.41, 5.74) is 3.60. The molecule has 0 radical (unpaired) electrons. The maximum Gasteiger partial charge on any atom is 0.181 e. The lowest BCUT2D eigenvalue weighted by Gasteiger charge is -2.21. The zero-order chi connectivity index (χ0) is 15.5. The molecule has 1 N–H and O–H groups in total. The standard InChI is InChI=1S/C20H21N3/c1-3-7-15(8-4-1)16-11-13-18(14-12-16)20-21-19(22-23-20)17-9-5-2-6-10-17/h2,5-6,9-15H,1,3-4,7-8H2,(H,21,22,23). The molecule has 0 spiro atoms. The Morgan fingerprint density at radius 2 is 1.52 bits per heavy atom. The molecule has 0 bridgehead atoms. The number of H-pyrrole nitrogens is 1. The van der Waals surface area contributed by atoms with Crippen molar-refractivity contribution in [2.75, 3.05) is 0 Å². The molecule has 1 saturated carbocycles. The molecule has 1 heterocycles. The molecule has 1 aliphatic rings. The summed E-state index contributed by atoms with van der Waals surface area (Å²) >= 11 is 0. The highest BCUT2D eigenvalue weighted by Crippen LogP contribution is 2.33. The van der Waals surface area contributed by atoms with Crippen LogP contribution in [0.15, 0.2) is 54.6 Å². The van der Waals surface area contributed by atoms with Crippen molar-refractivity contribution < 1.29 is 0 Å². The highest BCUT2D eigenvalue weighted by Gasteiger charge is 2.15. The first-order valence-corrected chi connectivity index (χ1v) is 8.48. The lowest BCUT2D eigenvalue weighted by atomic mass is 9.84. The van der Waals surface area contributed by atoms with E-state index in [4.69, 9.17) is 0 Å². The maximum atomic E-state index is 4.63. The Hall–Kier alpha value is -2.42. The first kappa shape index (κ1) is 14.2. The molecule has 2 aromatic carbocycles. The predicted molar refractivity (Wildman–Crippen MR) is 93.1 cm³/mol. The molecule has 1 aliphatic carbocycles. The van der Waals surface area contributed by atoms with Gasteiger partial charge in [-0.3, -0.25) is 5.10 Å². The van der Waals surface area contributed by atoms with Gasteiger partial charge in [0.05, 0.1) is 0 Å². The highest BCUT2D eigenvalue weighted by molar-refractivity contribution is 5.61. The van der Waals surface area contributed by atoms with Crippen molar-refractivity contribution >= 4 is 0 Å². The van der Waals surface area contributed by atoms with Crippen LogP contribution in [-0.2, 0) is 0 Å². The van der Waals surface area contributed by atoms with Gasteiger partial charge in [0.1, 0.15) is 0 Å². The van der Waals surface area contributed by atoms with E-state index in [9.17, 15) is 0 Å². The Labute approximate surface area is 136 Å². The van der Waals surface area contributed by atoms with Gasteiger partial charge in [0.25, 0.3) is 0 Å². The molecule has 23 heavy (non-hydrogen) atoms. The largest absolute Gasteiger partial charge is 0.259 e. The second-order valence-corrected chi connectivity index (χ2v) is 6.33. The Morgan fingerprint density at radius 3 is 2.26 bits per heavy atom. The molecule has 0 saturated heterocycles. The predicted octanol–water partition coefficient (Wildman–Crippen LogP) is 5.19. The number of rotatable bonds is 3. The minimum absolute atomic E-state index is 0.743. The van der Waals surface area contributed by atoms with Gasteiger partial charge < -0.3 is 0 Å². The lowest BCUT2D eigenvalue weighted by Crippen LogP contribution is -2.04. The minimum atomic E-state index is 0.743. The average Bonchev–Trinajstić information content (AvgIpc) is 3.14. The fraction of sp³-hybridized carbons (Fsp3) is 0.300. The maximum absolute atomic E-state index is 4.63. The van der Waals surface area contributed by atoms with Crippen LogP contribution in [0.2, 0.25) is 0 Å². The van der Waals surface area contributed by atoms with E-state index in [1.807, 2.05) is 30.3 Å². The van der Waals surface area contributed by atoms with Crippen LogP contribution < -0.4 is 0 Å². The Bertz CT molecular complexity index is 753. The van der Waals surface area contributed by atoms with E-state index < -0.39 is 0 Å². The van der Waals surface area contributed by atoms with E-state index in [2.05, 4.69) is 39.4 Å². The summed E-state index contributed by atoms with van der Waals surface area (Å²) < 4.78 is 0. The SMILES string of the molecule is c1ccc(-c2n[nH]c(-c3ccc(C4CCCCC4)cc3)n2)cc1. The Balaban J connectivity index is 1.55. The third-order valence-corrected chi connectivity index (χ3v) is 4.78. The van der Waals surface area contributed by atoms with Crippen LogP contribution in [0, 0.1) is 0 Å². The van der Waals surface area contributed by atoms with Gasteiger partial charge in [0.2, 0.25) is 0 Å². The summed E-state index contributed by atoms with van der Waals surface area (Å²) in [7, 11) is 0. The van der Waals surface area contributed by atoms with Crippen molar-refractivity contribution in [2.24, 2.45) is 0 Å².